The first-order chi connectivity index (χ1) is 9.75. The van der Waals surface area contributed by atoms with Gasteiger partial charge in [0.2, 0.25) is 0 Å². The summed E-state index contributed by atoms with van der Waals surface area (Å²) in [6.07, 6.45) is 1.26. The van der Waals surface area contributed by atoms with Crippen molar-refractivity contribution in [1.29, 1.82) is 0 Å². The summed E-state index contributed by atoms with van der Waals surface area (Å²) in [4.78, 5) is 23.5. The predicted molar refractivity (Wildman–Crippen MR) is 70.0 cm³/mol. The van der Waals surface area contributed by atoms with Gasteiger partial charge in [-0.15, -0.1) is 0 Å². The fourth-order valence-corrected chi connectivity index (χ4v) is 1.92. The molecule has 0 amide bonds. The molecule has 0 aliphatic carbocycles. The van der Waals surface area contributed by atoms with Crippen molar-refractivity contribution < 1.29 is 27.8 Å². The Labute approximate surface area is 120 Å². The van der Waals surface area contributed by atoms with Gasteiger partial charge in [-0.3, -0.25) is 0 Å². The third kappa shape index (κ3) is 2.94. The molecule has 21 heavy (non-hydrogen) atoms. The molecule has 1 fully saturated rings. The smallest absolute Gasteiger partial charge is 0.348 e. The van der Waals surface area contributed by atoms with E-state index in [2.05, 4.69) is 0 Å². The molecule has 1 aliphatic rings. The van der Waals surface area contributed by atoms with Gasteiger partial charge in [0, 0.05) is 19.4 Å². The van der Waals surface area contributed by atoms with Crippen LogP contribution in [-0.4, -0.2) is 17.7 Å². The van der Waals surface area contributed by atoms with Crippen molar-refractivity contribution >= 4 is 18.0 Å². The number of ether oxygens (including phenoxy) is 2. The van der Waals surface area contributed by atoms with E-state index in [9.17, 15) is 18.4 Å². The summed E-state index contributed by atoms with van der Waals surface area (Å²) in [6.45, 7) is 4.49. The highest BCUT2D eigenvalue weighted by atomic mass is 19.2. The van der Waals surface area contributed by atoms with Crippen LogP contribution in [0, 0.1) is 11.6 Å². The van der Waals surface area contributed by atoms with Crippen LogP contribution in [0.15, 0.2) is 17.7 Å². The van der Waals surface area contributed by atoms with Crippen LogP contribution in [0.2, 0.25) is 0 Å². The van der Waals surface area contributed by atoms with E-state index in [0.29, 0.717) is 6.42 Å². The number of cyclic esters (lactones) is 2. The predicted octanol–water partition coefficient (Wildman–Crippen LogP) is 2.75. The first-order valence-electron chi connectivity index (χ1n) is 6.40. The molecule has 0 N–H and O–H groups in total. The number of hydrogen-bond donors (Lipinski definition) is 0. The van der Waals surface area contributed by atoms with Crippen molar-refractivity contribution in [2.24, 2.45) is 0 Å². The maximum absolute atomic E-state index is 13.9. The van der Waals surface area contributed by atoms with Crippen molar-refractivity contribution in [3.05, 3.63) is 40.5 Å². The van der Waals surface area contributed by atoms with Gasteiger partial charge in [-0.05, 0) is 18.1 Å². The summed E-state index contributed by atoms with van der Waals surface area (Å²) in [5, 5.41) is 0. The zero-order chi connectivity index (χ0) is 15.8. The Balaban J connectivity index is 2.43. The minimum atomic E-state index is -1.37. The molecule has 0 bridgehead atoms. The highest BCUT2D eigenvalue weighted by molar-refractivity contribution is 6.18. The van der Waals surface area contributed by atoms with Crippen LogP contribution in [0.4, 0.5) is 8.78 Å². The Kier molecular flexibility index (Phi) is 3.80. The van der Waals surface area contributed by atoms with E-state index >= 15 is 0 Å². The van der Waals surface area contributed by atoms with E-state index < -0.39 is 34.9 Å². The lowest BCUT2D eigenvalue weighted by atomic mass is 10.0. The molecule has 0 atom stereocenters. The molecule has 4 nitrogen and oxygen atoms in total. The van der Waals surface area contributed by atoms with Crippen LogP contribution in [0.25, 0.3) is 6.08 Å². The van der Waals surface area contributed by atoms with Crippen LogP contribution >= 0.6 is 0 Å². The van der Waals surface area contributed by atoms with Crippen molar-refractivity contribution in [3.8, 4) is 0 Å². The van der Waals surface area contributed by atoms with Crippen molar-refractivity contribution in [2.75, 3.05) is 0 Å². The minimum absolute atomic E-state index is 0.213. The lowest BCUT2D eigenvalue weighted by Gasteiger charge is -2.29. The van der Waals surface area contributed by atoms with E-state index in [1.54, 1.807) is 6.92 Å². The lowest BCUT2D eigenvalue weighted by molar-refractivity contribution is -0.222. The van der Waals surface area contributed by atoms with Gasteiger partial charge in [0.15, 0.2) is 11.6 Å². The van der Waals surface area contributed by atoms with Crippen LogP contribution in [0.1, 0.15) is 31.9 Å². The van der Waals surface area contributed by atoms with E-state index in [1.165, 1.54) is 26.0 Å². The molecule has 0 spiro atoms. The lowest BCUT2D eigenvalue weighted by Crippen LogP contribution is -2.41. The first-order valence-corrected chi connectivity index (χ1v) is 6.40. The van der Waals surface area contributed by atoms with E-state index in [1.807, 2.05) is 0 Å². The molecular weight excluding hydrogens is 282 g/mol. The number of carbonyl (C=O) groups is 2. The summed E-state index contributed by atoms with van der Waals surface area (Å²) < 4.78 is 37.3. The largest absolute Gasteiger partial charge is 0.419 e. The average Bonchev–Trinajstić information content (AvgIpc) is 2.37. The Bertz CT molecular complexity index is 625. The van der Waals surface area contributed by atoms with E-state index in [4.69, 9.17) is 9.47 Å². The number of aryl methyl sites for hydroxylation is 1. The van der Waals surface area contributed by atoms with Gasteiger partial charge in [0.05, 0.1) is 0 Å². The number of halogens is 2. The normalized spacial score (nSPS) is 17.3. The molecule has 112 valence electrons. The molecule has 2 rings (SSSR count). The average molecular weight is 296 g/mol. The van der Waals surface area contributed by atoms with Gasteiger partial charge in [-0.25, -0.2) is 18.4 Å². The van der Waals surface area contributed by atoms with Gasteiger partial charge in [0.1, 0.15) is 5.57 Å². The summed E-state index contributed by atoms with van der Waals surface area (Å²) in [5.74, 6) is -5.36. The second kappa shape index (κ2) is 5.27. The molecule has 1 aromatic rings. The van der Waals surface area contributed by atoms with Gasteiger partial charge in [-0.1, -0.05) is 19.1 Å². The Morgan fingerprint density at radius 1 is 1.10 bits per heavy atom. The van der Waals surface area contributed by atoms with Crippen LogP contribution in [0.5, 0.6) is 0 Å². The SMILES string of the molecule is CCc1ccc(C=C2C(=O)OC(C)(C)OC2=O)c(F)c1F. The van der Waals surface area contributed by atoms with Gasteiger partial charge >= 0.3 is 11.9 Å². The van der Waals surface area contributed by atoms with Gasteiger partial charge in [0.25, 0.3) is 5.79 Å². The Morgan fingerprint density at radius 3 is 2.19 bits per heavy atom. The molecule has 0 unspecified atom stereocenters. The number of esters is 2. The summed E-state index contributed by atoms with van der Waals surface area (Å²) in [5.41, 5.74) is -0.477. The Hall–Kier alpha value is -2.24. The fraction of sp³-hybridized carbons (Fsp3) is 0.333. The summed E-state index contributed by atoms with van der Waals surface area (Å²) >= 11 is 0. The van der Waals surface area contributed by atoms with E-state index in [-0.39, 0.29) is 11.1 Å². The molecule has 1 saturated heterocycles. The topological polar surface area (TPSA) is 52.6 Å². The zero-order valence-corrected chi connectivity index (χ0v) is 11.8. The highest BCUT2D eigenvalue weighted by Gasteiger charge is 2.39. The second-order valence-electron chi connectivity index (χ2n) is 5.03. The number of rotatable bonds is 2. The summed E-state index contributed by atoms with van der Waals surface area (Å²) in [6, 6.07) is 2.69. The van der Waals surface area contributed by atoms with Crippen LogP contribution < -0.4 is 0 Å². The number of benzene rings is 1. The molecule has 1 aromatic carbocycles. The molecule has 6 heteroatoms. The second-order valence-corrected chi connectivity index (χ2v) is 5.03. The maximum Gasteiger partial charge on any atom is 0.348 e. The molecule has 0 radical (unpaired) electrons. The summed E-state index contributed by atoms with van der Waals surface area (Å²) in [7, 11) is 0. The monoisotopic (exact) mass is 296 g/mol. The third-order valence-corrected chi connectivity index (χ3v) is 2.99. The van der Waals surface area contributed by atoms with Crippen molar-refractivity contribution in [3.63, 3.8) is 0 Å². The number of carbonyl (C=O) groups excluding carboxylic acids is 2. The quantitative estimate of drug-likeness (QED) is 0.478. The molecule has 1 aliphatic heterocycles. The molecular formula is C15H14F2O4. The van der Waals surface area contributed by atoms with E-state index in [0.717, 1.165) is 6.08 Å². The fourth-order valence-electron chi connectivity index (χ4n) is 1.92. The molecule has 0 aromatic heterocycles. The van der Waals surface area contributed by atoms with Gasteiger partial charge < -0.3 is 9.47 Å². The molecule has 0 saturated carbocycles. The Morgan fingerprint density at radius 2 is 1.67 bits per heavy atom. The number of hydrogen-bond acceptors (Lipinski definition) is 4. The van der Waals surface area contributed by atoms with Gasteiger partial charge in [-0.2, -0.15) is 0 Å². The highest BCUT2D eigenvalue weighted by Crippen LogP contribution is 2.26. The third-order valence-electron chi connectivity index (χ3n) is 2.99. The standard InChI is InChI=1S/C15H14F2O4/c1-4-8-5-6-9(12(17)11(8)16)7-10-13(18)20-15(2,3)21-14(10)19/h5-7H,4H2,1-3H3. The zero-order valence-electron chi connectivity index (χ0n) is 11.8. The van der Waals surface area contributed by atoms with Crippen LogP contribution in [-0.2, 0) is 25.5 Å². The minimum Gasteiger partial charge on any atom is -0.419 e. The van der Waals surface area contributed by atoms with Crippen LogP contribution in [0.3, 0.4) is 0 Å². The van der Waals surface area contributed by atoms with Crippen molar-refractivity contribution in [1.82, 2.24) is 0 Å². The first kappa shape index (κ1) is 15.2. The van der Waals surface area contributed by atoms with Crippen molar-refractivity contribution in [2.45, 2.75) is 33.0 Å². The molecule has 1 heterocycles. The maximum atomic E-state index is 13.9.